The Hall–Kier alpha value is -1.87. The van der Waals surface area contributed by atoms with E-state index in [9.17, 15) is 4.39 Å². The zero-order chi connectivity index (χ0) is 14.7. The van der Waals surface area contributed by atoms with Crippen LogP contribution in [0.5, 0.6) is 11.5 Å². The average molecular weight is 273 g/mol. The van der Waals surface area contributed by atoms with Crippen LogP contribution in [0.1, 0.15) is 22.3 Å². The van der Waals surface area contributed by atoms with Crippen LogP contribution in [-0.4, -0.2) is 6.54 Å². The van der Waals surface area contributed by atoms with Crippen molar-refractivity contribution in [1.29, 1.82) is 0 Å². The first-order chi connectivity index (χ1) is 9.54. The van der Waals surface area contributed by atoms with E-state index >= 15 is 0 Å². The highest BCUT2D eigenvalue weighted by Gasteiger charge is 2.14. The molecule has 0 saturated carbocycles. The fourth-order valence-electron chi connectivity index (χ4n) is 2.20. The minimum atomic E-state index is -0.351. The Balaban J connectivity index is 2.47. The minimum absolute atomic E-state index is 0.287. The summed E-state index contributed by atoms with van der Waals surface area (Å²) < 4.78 is 20.0. The molecule has 2 aromatic carbocycles. The molecular weight excluding hydrogens is 253 g/mol. The van der Waals surface area contributed by atoms with Gasteiger partial charge in [0.2, 0.25) is 0 Å². The highest BCUT2D eigenvalue weighted by atomic mass is 19.1. The molecule has 106 valence electrons. The van der Waals surface area contributed by atoms with Gasteiger partial charge in [-0.3, -0.25) is 0 Å². The lowest BCUT2D eigenvalue weighted by Gasteiger charge is -2.16. The number of halogens is 1. The van der Waals surface area contributed by atoms with Crippen molar-refractivity contribution in [3.05, 3.63) is 58.4 Å². The lowest BCUT2D eigenvalue weighted by Crippen LogP contribution is -2.05. The van der Waals surface area contributed by atoms with Crippen molar-refractivity contribution in [1.82, 2.24) is 0 Å². The molecular formula is C17H20FNO. The number of para-hydroxylation sites is 1. The molecule has 0 aliphatic rings. The highest BCUT2D eigenvalue weighted by Crippen LogP contribution is 2.34. The standard InChI is InChI=1S/C17H20FNO/c1-11-7-8-12(2)16(13(11)3)20-17-14(9-10-19)5-4-6-15(17)18/h4-8H,9-10,19H2,1-3H3. The second-order valence-electron chi connectivity index (χ2n) is 5.02. The van der Waals surface area contributed by atoms with Gasteiger partial charge in [0.1, 0.15) is 5.75 Å². The fourth-order valence-corrected chi connectivity index (χ4v) is 2.20. The third-order valence-corrected chi connectivity index (χ3v) is 3.54. The van der Waals surface area contributed by atoms with Crippen molar-refractivity contribution in [2.45, 2.75) is 27.2 Å². The Kier molecular flexibility index (Phi) is 4.40. The van der Waals surface area contributed by atoms with Crippen LogP contribution in [0.25, 0.3) is 0 Å². The van der Waals surface area contributed by atoms with Gasteiger partial charge in [0, 0.05) is 0 Å². The van der Waals surface area contributed by atoms with E-state index in [-0.39, 0.29) is 11.6 Å². The number of rotatable bonds is 4. The molecule has 3 heteroatoms. The van der Waals surface area contributed by atoms with Gasteiger partial charge in [0.05, 0.1) is 0 Å². The van der Waals surface area contributed by atoms with Gasteiger partial charge in [0.25, 0.3) is 0 Å². The molecule has 0 bridgehead atoms. The maximum atomic E-state index is 14.1. The first-order valence-corrected chi connectivity index (χ1v) is 6.76. The van der Waals surface area contributed by atoms with Crippen LogP contribution in [0.2, 0.25) is 0 Å². The smallest absolute Gasteiger partial charge is 0.166 e. The third-order valence-electron chi connectivity index (χ3n) is 3.54. The maximum Gasteiger partial charge on any atom is 0.166 e. The molecule has 0 saturated heterocycles. The lowest BCUT2D eigenvalue weighted by molar-refractivity contribution is 0.430. The Labute approximate surface area is 119 Å². The quantitative estimate of drug-likeness (QED) is 0.912. The molecule has 2 aromatic rings. The molecule has 0 amide bonds. The Morgan fingerprint density at radius 3 is 2.40 bits per heavy atom. The zero-order valence-corrected chi connectivity index (χ0v) is 12.2. The summed E-state index contributed by atoms with van der Waals surface area (Å²) in [4.78, 5) is 0. The van der Waals surface area contributed by atoms with Crippen molar-refractivity contribution in [2.75, 3.05) is 6.54 Å². The second-order valence-corrected chi connectivity index (χ2v) is 5.02. The van der Waals surface area contributed by atoms with Gasteiger partial charge in [-0.1, -0.05) is 24.3 Å². The summed E-state index contributed by atoms with van der Waals surface area (Å²) in [6, 6.07) is 8.98. The molecule has 0 fully saturated rings. The van der Waals surface area contributed by atoms with Crippen molar-refractivity contribution in [2.24, 2.45) is 5.73 Å². The monoisotopic (exact) mass is 273 g/mol. The Bertz CT molecular complexity index is 623. The van der Waals surface area contributed by atoms with Gasteiger partial charge >= 0.3 is 0 Å². The molecule has 2 rings (SSSR count). The summed E-state index contributed by atoms with van der Waals surface area (Å²) in [5, 5.41) is 0. The van der Waals surface area contributed by atoms with Gasteiger partial charge in [-0.25, -0.2) is 4.39 Å². The predicted molar refractivity (Wildman–Crippen MR) is 79.9 cm³/mol. The molecule has 2 nitrogen and oxygen atoms in total. The summed E-state index contributed by atoms with van der Waals surface area (Å²) in [6.45, 7) is 6.43. The van der Waals surface area contributed by atoms with E-state index in [1.807, 2.05) is 39.0 Å². The molecule has 0 spiro atoms. The van der Waals surface area contributed by atoms with E-state index in [0.29, 0.717) is 13.0 Å². The summed E-state index contributed by atoms with van der Waals surface area (Å²) >= 11 is 0. The minimum Gasteiger partial charge on any atom is -0.453 e. The van der Waals surface area contributed by atoms with Gasteiger partial charge in [-0.05, 0) is 62.1 Å². The van der Waals surface area contributed by atoms with Gasteiger partial charge in [-0.2, -0.15) is 0 Å². The van der Waals surface area contributed by atoms with E-state index < -0.39 is 0 Å². The Morgan fingerprint density at radius 2 is 1.70 bits per heavy atom. The molecule has 0 aliphatic carbocycles. The Morgan fingerprint density at radius 1 is 1.00 bits per heavy atom. The number of hydrogen-bond donors (Lipinski definition) is 1. The van der Waals surface area contributed by atoms with E-state index in [4.69, 9.17) is 10.5 Å². The molecule has 0 aromatic heterocycles. The normalized spacial score (nSPS) is 10.7. The number of ether oxygens (including phenoxy) is 1. The molecule has 0 radical (unpaired) electrons. The van der Waals surface area contributed by atoms with Crippen LogP contribution in [-0.2, 0) is 6.42 Å². The second kappa shape index (κ2) is 6.06. The molecule has 20 heavy (non-hydrogen) atoms. The van der Waals surface area contributed by atoms with Gasteiger partial charge < -0.3 is 10.5 Å². The molecule has 0 aliphatic heterocycles. The van der Waals surface area contributed by atoms with Crippen LogP contribution < -0.4 is 10.5 Å². The van der Waals surface area contributed by atoms with Crippen LogP contribution >= 0.6 is 0 Å². The highest BCUT2D eigenvalue weighted by molar-refractivity contribution is 5.48. The van der Waals surface area contributed by atoms with Crippen molar-refractivity contribution >= 4 is 0 Å². The van der Waals surface area contributed by atoms with E-state index in [1.54, 1.807) is 6.07 Å². The zero-order valence-electron chi connectivity index (χ0n) is 12.2. The van der Waals surface area contributed by atoms with E-state index in [0.717, 1.165) is 28.0 Å². The third kappa shape index (κ3) is 2.83. The summed E-state index contributed by atoms with van der Waals surface area (Å²) in [5.41, 5.74) is 9.53. The summed E-state index contributed by atoms with van der Waals surface area (Å²) in [7, 11) is 0. The number of benzene rings is 2. The van der Waals surface area contributed by atoms with Gasteiger partial charge in [0.15, 0.2) is 11.6 Å². The van der Waals surface area contributed by atoms with Crippen LogP contribution in [0, 0.1) is 26.6 Å². The number of nitrogens with two attached hydrogens (primary N) is 1. The molecule has 2 N–H and O–H groups in total. The van der Waals surface area contributed by atoms with E-state index in [2.05, 4.69) is 0 Å². The topological polar surface area (TPSA) is 35.2 Å². The van der Waals surface area contributed by atoms with Gasteiger partial charge in [-0.15, -0.1) is 0 Å². The lowest BCUT2D eigenvalue weighted by atomic mass is 10.0. The molecule has 0 heterocycles. The molecule has 0 unspecified atom stereocenters. The SMILES string of the molecule is Cc1ccc(C)c(Oc2c(F)cccc2CCN)c1C. The number of hydrogen-bond acceptors (Lipinski definition) is 2. The van der Waals surface area contributed by atoms with Crippen LogP contribution in [0.15, 0.2) is 30.3 Å². The predicted octanol–water partition coefficient (Wildman–Crippen LogP) is 4.04. The maximum absolute atomic E-state index is 14.1. The van der Waals surface area contributed by atoms with Crippen LogP contribution in [0.4, 0.5) is 4.39 Å². The van der Waals surface area contributed by atoms with Crippen LogP contribution in [0.3, 0.4) is 0 Å². The first-order valence-electron chi connectivity index (χ1n) is 6.76. The van der Waals surface area contributed by atoms with Crippen molar-refractivity contribution in [3.8, 4) is 11.5 Å². The largest absolute Gasteiger partial charge is 0.453 e. The van der Waals surface area contributed by atoms with Crippen molar-refractivity contribution < 1.29 is 9.13 Å². The average Bonchev–Trinajstić information content (AvgIpc) is 2.42. The molecule has 0 atom stereocenters. The fraction of sp³-hybridized carbons (Fsp3) is 0.294. The van der Waals surface area contributed by atoms with E-state index in [1.165, 1.54) is 6.07 Å². The summed E-state index contributed by atoms with van der Waals surface area (Å²) in [6.07, 6.45) is 0.594. The summed E-state index contributed by atoms with van der Waals surface area (Å²) in [5.74, 6) is 0.666. The number of aryl methyl sites for hydroxylation is 2. The van der Waals surface area contributed by atoms with Crippen molar-refractivity contribution in [3.63, 3.8) is 0 Å². The first kappa shape index (κ1) is 14.5.